The Morgan fingerprint density at radius 1 is 1.06 bits per heavy atom. The van der Waals surface area contributed by atoms with Gasteiger partial charge in [-0.1, -0.05) is 18.2 Å². The molecule has 0 bridgehead atoms. The van der Waals surface area contributed by atoms with E-state index in [0.717, 1.165) is 11.0 Å². The number of carbonyl (C=O) groups is 2. The minimum atomic E-state index is -3.99. The molecular formula is C22H16N4O7S. The van der Waals surface area contributed by atoms with Gasteiger partial charge in [-0.05, 0) is 36.4 Å². The zero-order valence-corrected chi connectivity index (χ0v) is 18.0. The highest BCUT2D eigenvalue weighted by molar-refractivity contribution is 7.89. The predicted octanol–water partition coefficient (Wildman–Crippen LogP) is 2.26. The number of sulfonamides is 1. The summed E-state index contributed by atoms with van der Waals surface area (Å²) in [5.41, 5.74) is -0.267. The quantitative estimate of drug-likeness (QED) is 0.184. The van der Waals surface area contributed by atoms with Gasteiger partial charge in [0.05, 0.1) is 21.1 Å². The zero-order chi connectivity index (χ0) is 24.6. The van der Waals surface area contributed by atoms with E-state index in [-0.39, 0.29) is 33.1 Å². The maximum atomic E-state index is 13.0. The Kier molecular flexibility index (Phi) is 5.69. The minimum absolute atomic E-state index is 0.0299. The summed E-state index contributed by atoms with van der Waals surface area (Å²) in [6, 6.07) is 13.6. The molecule has 1 amide bonds. The van der Waals surface area contributed by atoms with Crippen LogP contribution in [-0.2, 0) is 19.6 Å². The molecule has 4 rings (SSSR count). The number of pyridine rings is 1. The molecule has 1 aliphatic rings. The summed E-state index contributed by atoms with van der Waals surface area (Å²) in [5, 5.41) is 27.3. The number of aromatic nitrogens is 1. The summed E-state index contributed by atoms with van der Waals surface area (Å²) in [6.07, 6.45) is 1.44. The van der Waals surface area contributed by atoms with Crippen molar-refractivity contribution in [2.24, 2.45) is 5.14 Å². The summed E-state index contributed by atoms with van der Waals surface area (Å²) in [5.74, 6) is -2.64. The molecule has 0 spiro atoms. The van der Waals surface area contributed by atoms with E-state index in [1.165, 1.54) is 48.7 Å². The van der Waals surface area contributed by atoms with Gasteiger partial charge in [-0.25, -0.2) is 13.6 Å². The fraction of sp³-hybridized carbons (Fsp3) is 0.0455. The maximum Gasteiger partial charge on any atom is 0.300 e. The molecule has 34 heavy (non-hydrogen) atoms. The van der Waals surface area contributed by atoms with Crippen LogP contribution in [0, 0.1) is 10.1 Å². The molecule has 0 radical (unpaired) electrons. The second kappa shape index (κ2) is 8.50. The predicted molar refractivity (Wildman–Crippen MR) is 120 cm³/mol. The maximum absolute atomic E-state index is 13.0. The largest absolute Gasteiger partial charge is 0.507 e. The summed E-state index contributed by atoms with van der Waals surface area (Å²) < 4.78 is 23.2. The van der Waals surface area contributed by atoms with Crippen molar-refractivity contribution in [2.75, 3.05) is 4.90 Å². The first-order valence-electron chi connectivity index (χ1n) is 9.69. The molecular weight excluding hydrogens is 464 g/mol. The normalized spacial score (nSPS) is 17.7. The van der Waals surface area contributed by atoms with E-state index >= 15 is 0 Å². The van der Waals surface area contributed by atoms with Crippen LogP contribution >= 0.6 is 0 Å². The van der Waals surface area contributed by atoms with E-state index in [1.807, 2.05) is 0 Å². The molecule has 0 saturated carbocycles. The molecule has 3 N–H and O–H groups in total. The van der Waals surface area contributed by atoms with Crippen LogP contribution in [0.25, 0.3) is 5.76 Å². The number of amides is 1. The second-order valence-corrected chi connectivity index (χ2v) is 8.83. The highest BCUT2D eigenvalue weighted by Gasteiger charge is 2.47. The number of aliphatic hydroxyl groups is 1. The van der Waals surface area contributed by atoms with Crippen molar-refractivity contribution < 1.29 is 28.0 Å². The molecule has 2 heterocycles. The number of rotatable bonds is 5. The Bertz CT molecular complexity index is 1450. The Morgan fingerprint density at radius 3 is 2.35 bits per heavy atom. The topological polar surface area (TPSA) is 174 Å². The SMILES string of the molecule is NS(=O)(=O)c1ccc(N2C(=O)C(=O)/C(=C(\O)c3cccc([N+](=O)[O-])c3)C2c2ccccn2)cc1. The molecule has 11 nitrogen and oxygen atoms in total. The number of anilines is 1. The first-order chi connectivity index (χ1) is 16.1. The lowest BCUT2D eigenvalue weighted by Gasteiger charge is -2.24. The van der Waals surface area contributed by atoms with Crippen LogP contribution in [-0.4, -0.2) is 35.1 Å². The summed E-state index contributed by atoms with van der Waals surface area (Å²) in [4.78, 5) is 41.7. The number of non-ortho nitro benzene ring substituents is 1. The van der Waals surface area contributed by atoms with Crippen molar-refractivity contribution in [1.82, 2.24) is 4.98 Å². The minimum Gasteiger partial charge on any atom is -0.507 e. The third kappa shape index (κ3) is 4.02. The standard InChI is InChI=1S/C22H16N4O7S/c23-34(32,33)16-9-7-14(8-10-16)25-19(17-6-1-2-11-24-17)18(21(28)22(25)29)20(27)13-4-3-5-15(12-13)26(30)31/h1-12,19,27H,(H2,23,32,33)/b20-18-. The number of ketones is 1. The van der Waals surface area contributed by atoms with E-state index in [2.05, 4.69) is 4.98 Å². The number of nitrogens with zero attached hydrogens (tertiary/aromatic N) is 3. The van der Waals surface area contributed by atoms with Gasteiger partial charge in [0.15, 0.2) is 0 Å². The number of carbonyl (C=O) groups excluding carboxylic acids is 2. The molecule has 3 aromatic rings. The number of nitro groups is 1. The molecule has 1 aliphatic heterocycles. The first kappa shape index (κ1) is 22.8. The van der Waals surface area contributed by atoms with Crippen molar-refractivity contribution in [3.05, 3.63) is 99.9 Å². The summed E-state index contributed by atoms with van der Waals surface area (Å²) in [6.45, 7) is 0. The average Bonchev–Trinajstić information content (AvgIpc) is 3.09. The molecule has 2 aromatic carbocycles. The van der Waals surface area contributed by atoms with Crippen LogP contribution in [0.3, 0.4) is 0 Å². The number of Topliss-reactive ketones (excluding diaryl/α,β-unsaturated/α-hetero) is 1. The number of aliphatic hydroxyl groups excluding tert-OH is 1. The van der Waals surface area contributed by atoms with E-state index < -0.39 is 38.4 Å². The van der Waals surface area contributed by atoms with Crippen LogP contribution in [0.4, 0.5) is 11.4 Å². The van der Waals surface area contributed by atoms with E-state index in [4.69, 9.17) is 5.14 Å². The molecule has 0 aliphatic carbocycles. The van der Waals surface area contributed by atoms with Crippen molar-refractivity contribution in [2.45, 2.75) is 10.9 Å². The highest BCUT2D eigenvalue weighted by Crippen LogP contribution is 2.41. The van der Waals surface area contributed by atoms with Crippen molar-refractivity contribution in [3.8, 4) is 0 Å². The highest BCUT2D eigenvalue weighted by atomic mass is 32.2. The Labute approximate surface area is 193 Å². The van der Waals surface area contributed by atoms with E-state index in [9.17, 15) is 33.2 Å². The summed E-state index contributed by atoms with van der Waals surface area (Å²) in [7, 11) is -3.99. The lowest BCUT2D eigenvalue weighted by molar-refractivity contribution is -0.384. The summed E-state index contributed by atoms with van der Waals surface area (Å²) >= 11 is 0. The van der Waals surface area contributed by atoms with Crippen molar-refractivity contribution >= 4 is 38.8 Å². The van der Waals surface area contributed by atoms with Crippen molar-refractivity contribution in [1.29, 1.82) is 0 Å². The number of benzene rings is 2. The van der Waals surface area contributed by atoms with Gasteiger partial charge in [0.2, 0.25) is 10.0 Å². The van der Waals surface area contributed by atoms with E-state index in [0.29, 0.717) is 0 Å². The van der Waals surface area contributed by atoms with Crippen LogP contribution in [0.5, 0.6) is 0 Å². The van der Waals surface area contributed by atoms with Gasteiger partial charge in [-0.3, -0.25) is 29.6 Å². The van der Waals surface area contributed by atoms with Gasteiger partial charge in [-0.15, -0.1) is 0 Å². The fourth-order valence-corrected chi connectivity index (χ4v) is 4.15. The third-order valence-corrected chi connectivity index (χ3v) is 6.12. The number of hydrogen-bond acceptors (Lipinski definition) is 8. The van der Waals surface area contributed by atoms with Crippen LogP contribution in [0.2, 0.25) is 0 Å². The Morgan fingerprint density at radius 2 is 1.76 bits per heavy atom. The van der Waals surface area contributed by atoms with Gasteiger partial charge in [0.25, 0.3) is 17.4 Å². The van der Waals surface area contributed by atoms with Crippen LogP contribution in [0.1, 0.15) is 17.3 Å². The Balaban J connectivity index is 1.92. The van der Waals surface area contributed by atoms with E-state index in [1.54, 1.807) is 18.2 Å². The molecule has 1 atom stereocenters. The fourth-order valence-electron chi connectivity index (χ4n) is 3.64. The number of nitrogens with two attached hydrogens (primary N) is 1. The van der Waals surface area contributed by atoms with Gasteiger partial charge in [0, 0.05) is 29.6 Å². The van der Waals surface area contributed by atoms with Crippen molar-refractivity contribution in [3.63, 3.8) is 0 Å². The monoisotopic (exact) mass is 480 g/mol. The lowest BCUT2D eigenvalue weighted by Crippen LogP contribution is -2.29. The zero-order valence-electron chi connectivity index (χ0n) is 17.2. The molecule has 12 heteroatoms. The van der Waals surface area contributed by atoms with Gasteiger partial charge >= 0.3 is 0 Å². The molecule has 1 unspecified atom stereocenters. The number of nitro benzene ring substituents is 1. The molecule has 1 fully saturated rings. The molecule has 1 aromatic heterocycles. The van der Waals surface area contributed by atoms with Crippen LogP contribution in [0.15, 0.2) is 83.4 Å². The van der Waals surface area contributed by atoms with Gasteiger partial charge in [0.1, 0.15) is 11.8 Å². The molecule has 172 valence electrons. The van der Waals surface area contributed by atoms with Crippen LogP contribution < -0.4 is 10.0 Å². The van der Waals surface area contributed by atoms with Gasteiger partial charge in [-0.2, -0.15) is 0 Å². The first-order valence-corrected chi connectivity index (χ1v) is 11.2. The second-order valence-electron chi connectivity index (χ2n) is 7.27. The van der Waals surface area contributed by atoms with Gasteiger partial charge < -0.3 is 5.11 Å². The number of hydrogen-bond donors (Lipinski definition) is 2. The Hall–Kier alpha value is -4.42. The number of primary sulfonamides is 1. The lowest BCUT2D eigenvalue weighted by atomic mass is 9.98. The molecule has 1 saturated heterocycles. The third-order valence-electron chi connectivity index (χ3n) is 5.19. The average molecular weight is 480 g/mol. The smallest absolute Gasteiger partial charge is 0.300 e.